The number of rotatable bonds is 3. The van der Waals surface area contributed by atoms with Crippen LogP contribution in [0.15, 0.2) is 31.0 Å². The first-order valence-electron chi connectivity index (χ1n) is 5.51. The number of aromatic amines is 1. The molecular formula is C8H7N8P4+. The first-order chi connectivity index (χ1) is 9.92. The third-order valence-electron chi connectivity index (χ3n) is 2.54. The second-order valence-corrected chi connectivity index (χ2v) is 7.24. The minimum Gasteiger partial charge on any atom is -0.281 e. The first-order valence-corrected chi connectivity index (χ1v) is 9.06. The number of hydrogen-bond donors (Lipinski definition) is 1. The van der Waals surface area contributed by atoms with Gasteiger partial charge in [-0.05, 0) is 4.75 Å². The lowest BCUT2D eigenvalue weighted by molar-refractivity contribution is -0.512. The average Bonchev–Trinajstić information content (AvgIpc) is 3.23. The number of aromatic nitrogens is 8. The van der Waals surface area contributed by atoms with E-state index in [9.17, 15) is 0 Å². The third kappa shape index (κ3) is 2.11. The lowest BCUT2D eigenvalue weighted by Crippen LogP contribution is -2.22. The summed E-state index contributed by atoms with van der Waals surface area (Å²) in [7, 11) is 3.28. The molecule has 0 saturated carbocycles. The van der Waals surface area contributed by atoms with Gasteiger partial charge in [-0.25, -0.2) is 9.73 Å². The van der Waals surface area contributed by atoms with E-state index in [2.05, 4.69) is 28.8 Å². The van der Waals surface area contributed by atoms with Crippen molar-refractivity contribution in [3.8, 4) is 16.8 Å². The van der Waals surface area contributed by atoms with E-state index >= 15 is 0 Å². The van der Waals surface area contributed by atoms with E-state index in [0.29, 0.717) is 8.51 Å². The molecule has 0 saturated heterocycles. The zero-order chi connectivity index (χ0) is 13.4. The summed E-state index contributed by atoms with van der Waals surface area (Å²) >= 11 is 0. The summed E-state index contributed by atoms with van der Waals surface area (Å²) in [5.74, 6) is 2.86. The van der Waals surface area contributed by atoms with Crippen LogP contribution in [0.25, 0.3) is 16.8 Å². The van der Waals surface area contributed by atoms with Gasteiger partial charge >= 0.3 is 0 Å². The fourth-order valence-electron chi connectivity index (χ4n) is 1.66. The first kappa shape index (κ1) is 12.3. The van der Waals surface area contributed by atoms with Crippen molar-refractivity contribution < 1.29 is 4.33 Å². The van der Waals surface area contributed by atoms with Crippen LogP contribution in [-0.2, 0) is 0 Å². The predicted molar refractivity (Wildman–Crippen MR) is 79.2 cm³/mol. The van der Waals surface area contributed by atoms with E-state index in [1.54, 1.807) is 12.7 Å². The van der Waals surface area contributed by atoms with Crippen molar-refractivity contribution in [2.75, 3.05) is 0 Å². The summed E-state index contributed by atoms with van der Waals surface area (Å²) in [6.45, 7) is 0. The normalized spacial score (nSPS) is 12.6. The molecule has 0 aliphatic heterocycles. The van der Waals surface area contributed by atoms with Gasteiger partial charge in [-0.1, -0.05) is 0 Å². The molecule has 1 unspecified atom stereocenters. The van der Waals surface area contributed by atoms with Gasteiger partial charge in [0, 0.05) is 0 Å². The van der Waals surface area contributed by atoms with Crippen LogP contribution >= 0.6 is 33.6 Å². The summed E-state index contributed by atoms with van der Waals surface area (Å²) in [6, 6.07) is 0. The lowest BCUT2D eigenvalue weighted by Gasteiger charge is -1.96. The molecule has 0 aliphatic carbocycles. The molecular weight excluding hydrogens is 332 g/mol. The molecule has 12 heteroatoms. The molecule has 4 aromatic rings. The molecule has 4 rings (SSSR count). The molecule has 4 aromatic heterocycles. The van der Waals surface area contributed by atoms with E-state index in [4.69, 9.17) is 0 Å². The highest BCUT2D eigenvalue weighted by atomic mass is 31.1. The maximum Gasteiger partial charge on any atom is 0.248 e. The Balaban J connectivity index is 1.78. The quantitative estimate of drug-likeness (QED) is 0.621. The molecule has 1 atom stereocenters. The largest absolute Gasteiger partial charge is 0.281 e. The molecule has 0 aliphatic rings. The fourth-order valence-corrected chi connectivity index (χ4v) is 4.73. The van der Waals surface area contributed by atoms with E-state index in [-0.39, 0.29) is 0 Å². The molecule has 1 N–H and O–H groups in total. The van der Waals surface area contributed by atoms with Crippen molar-refractivity contribution in [1.82, 2.24) is 33.3 Å². The Morgan fingerprint density at radius 2 is 2.35 bits per heavy atom. The highest BCUT2D eigenvalue weighted by Crippen LogP contribution is 2.27. The van der Waals surface area contributed by atoms with Gasteiger partial charge in [-0.15, -0.1) is 5.10 Å². The van der Waals surface area contributed by atoms with Crippen LogP contribution < -0.4 is 4.33 Å². The van der Waals surface area contributed by atoms with Crippen LogP contribution in [0.1, 0.15) is 0 Å². The second kappa shape index (κ2) is 5.16. The number of H-pyrrole nitrogens is 1. The van der Waals surface area contributed by atoms with Crippen molar-refractivity contribution in [1.29, 1.82) is 0 Å². The Hall–Kier alpha value is -1.44. The highest BCUT2D eigenvalue weighted by molar-refractivity contribution is 7.30. The molecule has 0 amide bonds. The van der Waals surface area contributed by atoms with Gasteiger partial charge in [0.15, 0.2) is 11.7 Å². The summed E-state index contributed by atoms with van der Waals surface area (Å²) < 4.78 is 14.4. The Labute approximate surface area is 119 Å². The molecule has 0 fully saturated rings. The van der Waals surface area contributed by atoms with Crippen LogP contribution in [0.2, 0.25) is 0 Å². The fraction of sp³-hybridized carbons (Fsp3) is 0. The zero-order valence-corrected chi connectivity index (χ0v) is 13.5. The van der Waals surface area contributed by atoms with Gasteiger partial charge in [0.1, 0.15) is 18.9 Å². The van der Waals surface area contributed by atoms with Crippen LogP contribution in [0, 0.1) is 0 Å². The maximum atomic E-state index is 4.43. The Morgan fingerprint density at radius 1 is 1.35 bits per heavy atom. The molecule has 98 valence electrons. The highest BCUT2D eigenvalue weighted by Gasteiger charge is 2.17. The zero-order valence-electron chi connectivity index (χ0n) is 9.86. The van der Waals surface area contributed by atoms with Gasteiger partial charge in [-0.2, -0.15) is 4.33 Å². The average molecular weight is 339 g/mol. The molecule has 0 aromatic carbocycles. The van der Waals surface area contributed by atoms with Gasteiger partial charge in [0.2, 0.25) is 19.7 Å². The standard InChI is InChI=1S/C8H7N8P4/c1-2-15(20-10-1)7-6(12-13-18-7)16-3-9-8(19-16)14-4-11-17-5-14/h1-5,20H,(H,12,13)/q+1. The maximum absolute atomic E-state index is 4.43. The minimum absolute atomic E-state index is 0.397. The SMILES string of the molecule is c1c[n+](-c2p[nH]nc2-n2cnc(-n3cnpc3)p2)[pH]n1. The number of nitrogens with one attached hydrogen (secondary N) is 1. The second-order valence-electron chi connectivity index (χ2n) is 3.73. The number of nitrogens with zero attached hydrogens (tertiary/aromatic N) is 7. The smallest absolute Gasteiger partial charge is 0.248 e. The van der Waals surface area contributed by atoms with Crippen LogP contribution in [-0.4, -0.2) is 33.3 Å². The van der Waals surface area contributed by atoms with Crippen molar-refractivity contribution in [3.63, 3.8) is 0 Å². The molecule has 20 heavy (non-hydrogen) atoms. The van der Waals surface area contributed by atoms with Crippen LogP contribution in [0.5, 0.6) is 0 Å². The molecule has 4 heterocycles. The van der Waals surface area contributed by atoms with Gasteiger partial charge in [0.25, 0.3) is 0 Å². The van der Waals surface area contributed by atoms with Gasteiger partial charge in [0.05, 0.1) is 31.0 Å². The van der Waals surface area contributed by atoms with E-state index in [1.165, 1.54) is 0 Å². The van der Waals surface area contributed by atoms with Crippen LogP contribution in [0.3, 0.4) is 0 Å². The van der Waals surface area contributed by atoms with Crippen LogP contribution in [0.4, 0.5) is 0 Å². The van der Waals surface area contributed by atoms with Crippen molar-refractivity contribution >= 4 is 33.6 Å². The van der Waals surface area contributed by atoms with E-state index in [1.807, 2.05) is 27.2 Å². The topological polar surface area (TPSA) is 81.1 Å². The summed E-state index contributed by atoms with van der Waals surface area (Å²) in [5.41, 5.74) is 2.02. The van der Waals surface area contributed by atoms with Crippen molar-refractivity contribution in [2.45, 2.75) is 0 Å². The Morgan fingerprint density at radius 3 is 3.15 bits per heavy atom. The Bertz CT molecular complexity index is 817. The van der Waals surface area contributed by atoms with Gasteiger partial charge < -0.3 is 0 Å². The Kier molecular flexibility index (Phi) is 3.17. The molecule has 8 nitrogen and oxygen atoms in total. The number of hydrogen-bond acceptors (Lipinski definition) is 4. The molecule has 0 radical (unpaired) electrons. The van der Waals surface area contributed by atoms with Crippen molar-refractivity contribution in [3.05, 3.63) is 31.0 Å². The molecule has 0 bridgehead atoms. The molecule has 0 spiro atoms. The lowest BCUT2D eigenvalue weighted by atomic mass is 10.7. The summed E-state index contributed by atoms with van der Waals surface area (Å²) in [6.07, 6.45) is 7.37. The third-order valence-corrected chi connectivity index (χ3v) is 6.03. The van der Waals surface area contributed by atoms with E-state index < -0.39 is 0 Å². The van der Waals surface area contributed by atoms with Gasteiger partial charge in [-0.3, -0.25) is 13.8 Å². The monoisotopic (exact) mass is 339 g/mol. The summed E-state index contributed by atoms with van der Waals surface area (Å²) in [4.78, 5) is 7.43. The van der Waals surface area contributed by atoms with E-state index in [0.717, 1.165) is 41.8 Å². The minimum atomic E-state index is 0.397. The summed E-state index contributed by atoms with van der Waals surface area (Å²) in [5, 5.41) is 4.36. The van der Waals surface area contributed by atoms with Crippen molar-refractivity contribution in [2.24, 2.45) is 0 Å². The predicted octanol–water partition coefficient (Wildman–Crippen LogP) is 2.22.